The lowest BCUT2D eigenvalue weighted by atomic mass is 9.96. The van der Waals surface area contributed by atoms with Crippen molar-refractivity contribution in [2.75, 3.05) is 13.7 Å². The third-order valence-electron chi connectivity index (χ3n) is 6.16. The molecule has 8 nitrogen and oxygen atoms in total. The Labute approximate surface area is 204 Å². The standard InChI is InChI=1S/C25H29N5O3S/c1-15(2)14-28-24(23(27-25(28)34)20-8-6-7-11-26-20)19-12-16(3)29(17(19)4)21-13-18(30(31)32)9-10-22(21)33-5/h6-13,15,23-24H,14H2,1-5H3,(H,27,34)/t23-,24+/m1/s1. The Morgan fingerprint density at radius 2 is 2.00 bits per heavy atom. The van der Waals surface area contributed by atoms with Crippen LogP contribution in [-0.2, 0) is 0 Å². The summed E-state index contributed by atoms with van der Waals surface area (Å²) in [6.45, 7) is 9.17. The van der Waals surface area contributed by atoms with Gasteiger partial charge < -0.3 is 19.5 Å². The summed E-state index contributed by atoms with van der Waals surface area (Å²) in [6, 6.07) is 12.5. The van der Waals surface area contributed by atoms with Gasteiger partial charge in [-0.3, -0.25) is 15.1 Å². The van der Waals surface area contributed by atoms with Gasteiger partial charge in [0, 0.05) is 36.3 Å². The second-order valence-electron chi connectivity index (χ2n) is 8.95. The molecule has 3 heterocycles. The van der Waals surface area contributed by atoms with Crippen molar-refractivity contribution in [3.05, 3.63) is 81.4 Å². The Morgan fingerprint density at radius 1 is 1.24 bits per heavy atom. The lowest BCUT2D eigenvalue weighted by molar-refractivity contribution is -0.384. The van der Waals surface area contributed by atoms with Gasteiger partial charge in [-0.2, -0.15) is 0 Å². The predicted molar refractivity (Wildman–Crippen MR) is 135 cm³/mol. The summed E-state index contributed by atoms with van der Waals surface area (Å²) in [6.07, 6.45) is 1.79. The highest BCUT2D eigenvalue weighted by atomic mass is 32.1. The molecule has 1 aromatic carbocycles. The van der Waals surface area contributed by atoms with E-state index in [4.69, 9.17) is 17.0 Å². The van der Waals surface area contributed by atoms with E-state index in [-0.39, 0.29) is 17.8 Å². The van der Waals surface area contributed by atoms with Crippen LogP contribution < -0.4 is 10.1 Å². The fraction of sp³-hybridized carbons (Fsp3) is 0.360. The number of pyridine rings is 1. The van der Waals surface area contributed by atoms with Gasteiger partial charge in [-0.25, -0.2) is 0 Å². The zero-order valence-corrected chi connectivity index (χ0v) is 20.8. The van der Waals surface area contributed by atoms with E-state index in [0.29, 0.717) is 22.5 Å². The van der Waals surface area contributed by atoms with E-state index in [0.717, 1.165) is 29.2 Å². The molecule has 9 heteroatoms. The highest BCUT2D eigenvalue weighted by Gasteiger charge is 2.41. The maximum atomic E-state index is 11.5. The molecular formula is C25H29N5O3S. The summed E-state index contributed by atoms with van der Waals surface area (Å²) < 4.78 is 7.58. The quantitative estimate of drug-likeness (QED) is 0.289. The van der Waals surface area contributed by atoms with Gasteiger partial charge in [-0.1, -0.05) is 19.9 Å². The normalized spacial score (nSPS) is 17.8. The summed E-state index contributed by atoms with van der Waals surface area (Å²) in [5.41, 5.74) is 4.59. The molecular weight excluding hydrogens is 450 g/mol. The van der Waals surface area contributed by atoms with E-state index < -0.39 is 4.92 Å². The number of non-ortho nitro benzene ring substituents is 1. The number of hydrogen-bond donors (Lipinski definition) is 1. The van der Waals surface area contributed by atoms with Gasteiger partial charge in [-0.05, 0) is 61.8 Å². The molecule has 34 heavy (non-hydrogen) atoms. The van der Waals surface area contributed by atoms with Crippen LogP contribution in [0.15, 0.2) is 48.7 Å². The first kappa shape index (κ1) is 23.7. The van der Waals surface area contributed by atoms with Crippen molar-refractivity contribution >= 4 is 23.0 Å². The number of rotatable bonds is 7. The Morgan fingerprint density at radius 3 is 2.62 bits per heavy atom. The molecule has 1 aliphatic rings. The Hall–Kier alpha value is -3.46. The van der Waals surface area contributed by atoms with E-state index in [1.807, 2.05) is 36.6 Å². The number of benzene rings is 1. The fourth-order valence-electron chi connectivity index (χ4n) is 4.76. The molecule has 2 aromatic heterocycles. The van der Waals surface area contributed by atoms with Gasteiger partial charge in [0.05, 0.1) is 35.5 Å². The number of aryl methyl sites for hydroxylation is 1. The molecule has 1 fully saturated rings. The molecule has 178 valence electrons. The number of nitrogens with one attached hydrogen (secondary N) is 1. The molecule has 3 aromatic rings. The van der Waals surface area contributed by atoms with Crippen molar-refractivity contribution in [2.24, 2.45) is 5.92 Å². The number of nitro groups is 1. The van der Waals surface area contributed by atoms with E-state index in [1.165, 1.54) is 6.07 Å². The average molecular weight is 480 g/mol. The maximum Gasteiger partial charge on any atom is 0.271 e. The van der Waals surface area contributed by atoms with Gasteiger partial charge in [0.2, 0.25) is 0 Å². The Balaban J connectivity index is 1.88. The smallest absolute Gasteiger partial charge is 0.271 e. The second-order valence-corrected chi connectivity index (χ2v) is 9.33. The SMILES string of the molecule is COc1ccc([N+](=O)[O-])cc1-n1c(C)cc([C@H]2[C@@H](c3ccccn3)NC(=S)N2CC(C)C)c1C. The molecule has 0 saturated carbocycles. The van der Waals surface area contributed by atoms with Crippen LogP contribution in [0.2, 0.25) is 0 Å². The van der Waals surface area contributed by atoms with Crippen molar-refractivity contribution < 1.29 is 9.66 Å². The van der Waals surface area contributed by atoms with Gasteiger partial charge in [0.25, 0.3) is 5.69 Å². The number of methoxy groups -OCH3 is 1. The Kier molecular flexibility index (Phi) is 6.56. The largest absolute Gasteiger partial charge is 0.495 e. The minimum absolute atomic E-state index is 0.0151. The molecule has 0 bridgehead atoms. The topological polar surface area (TPSA) is 85.5 Å². The molecule has 4 rings (SSSR count). The first-order chi connectivity index (χ1) is 16.2. The van der Waals surface area contributed by atoms with Crippen LogP contribution in [0.5, 0.6) is 5.75 Å². The van der Waals surface area contributed by atoms with Crippen molar-refractivity contribution in [2.45, 2.75) is 39.8 Å². The molecule has 2 atom stereocenters. The summed E-state index contributed by atoms with van der Waals surface area (Å²) in [4.78, 5) is 17.9. The molecule has 1 N–H and O–H groups in total. The second kappa shape index (κ2) is 9.42. The molecule has 0 radical (unpaired) electrons. The van der Waals surface area contributed by atoms with Crippen LogP contribution in [0.3, 0.4) is 0 Å². The number of aromatic nitrogens is 2. The van der Waals surface area contributed by atoms with Crippen LogP contribution in [0, 0.1) is 29.9 Å². The number of hydrogen-bond acceptors (Lipinski definition) is 5. The van der Waals surface area contributed by atoms with Gasteiger partial charge in [-0.15, -0.1) is 0 Å². The van der Waals surface area contributed by atoms with Crippen LogP contribution in [0.1, 0.15) is 48.6 Å². The molecule has 1 aliphatic heterocycles. The van der Waals surface area contributed by atoms with Crippen molar-refractivity contribution in [3.8, 4) is 11.4 Å². The first-order valence-electron chi connectivity index (χ1n) is 11.2. The number of ether oxygens (including phenoxy) is 1. The number of thiocarbonyl (C=S) groups is 1. The summed E-state index contributed by atoms with van der Waals surface area (Å²) in [5.74, 6) is 0.976. The van der Waals surface area contributed by atoms with E-state index >= 15 is 0 Å². The van der Waals surface area contributed by atoms with Crippen LogP contribution in [0.4, 0.5) is 5.69 Å². The van der Waals surface area contributed by atoms with Gasteiger partial charge in [0.1, 0.15) is 5.75 Å². The molecule has 0 spiro atoms. The van der Waals surface area contributed by atoms with Crippen molar-refractivity contribution in [1.82, 2.24) is 19.8 Å². The molecule has 1 saturated heterocycles. The lowest BCUT2D eigenvalue weighted by Crippen LogP contribution is -2.33. The third kappa shape index (κ3) is 4.23. The first-order valence-corrected chi connectivity index (χ1v) is 11.6. The predicted octanol–water partition coefficient (Wildman–Crippen LogP) is 5.03. The maximum absolute atomic E-state index is 11.5. The minimum Gasteiger partial charge on any atom is -0.495 e. The highest BCUT2D eigenvalue weighted by molar-refractivity contribution is 7.80. The highest BCUT2D eigenvalue weighted by Crippen LogP contribution is 2.42. The summed E-state index contributed by atoms with van der Waals surface area (Å²) in [7, 11) is 1.57. The van der Waals surface area contributed by atoms with Crippen LogP contribution in [-0.4, -0.2) is 38.1 Å². The van der Waals surface area contributed by atoms with Gasteiger partial charge in [0.15, 0.2) is 5.11 Å². The zero-order chi connectivity index (χ0) is 24.6. The monoisotopic (exact) mass is 479 g/mol. The third-order valence-corrected chi connectivity index (χ3v) is 6.52. The van der Waals surface area contributed by atoms with Gasteiger partial charge >= 0.3 is 0 Å². The minimum atomic E-state index is -0.390. The van der Waals surface area contributed by atoms with Crippen molar-refractivity contribution in [1.29, 1.82) is 0 Å². The number of nitrogens with zero attached hydrogens (tertiary/aromatic N) is 4. The van der Waals surface area contributed by atoms with E-state index in [9.17, 15) is 10.1 Å². The lowest BCUT2D eigenvalue weighted by Gasteiger charge is -2.29. The van der Waals surface area contributed by atoms with Crippen LogP contribution in [0.25, 0.3) is 5.69 Å². The fourth-order valence-corrected chi connectivity index (χ4v) is 5.07. The molecule has 0 aliphatic carbocycles. The van der Waals surface area contributed by atoms with E-state index in [2.05, 4.69) is 35.1 Å². The molecule has 0 unspecified atom stereocenters. The average Bonchev–Trinajstić information content (AvgIpc) is 3.28. The molecule has 0 amide bonds. The Bertz CT molecular complexity index is 1220. The number of nitro benzene ring substituents is 1. The summed E-state index contributed by atoms with van der Waals surface area (Å²) >= 11 is 5.76. The van der Waals surface area contributed by atoms with Crippen LogP contribution >= 0.6 is 12.2 Å². The van der Waals surface area contributed by atoms with E-state index in [1.54, 1.807) is 25.4 Å². The zero-order valence-electron chi connectivity index (χ0n) is 20.0. The van der Waals surface area contributed by atoms with Crippen molar-refractivity contribution in [3.63, 3.8) is 0 Å². The summed E-state index contributed by atoms with van der Waals surface area (Å²) in [5, 5.41) is 15.7.